The molecule has 3 rings (SSSR count). The Hall–Kier alpha value is -2.44. The largest absolute Gasteiger partial charge is 0.772 e. The first kappa shape index (κ1) is 16.4. The van der Waals surface area contributed by atoms with E-state index < -0.39 is 16.9 Å². The third-order valence-electron chi connectivity index (χ3n) is 3.56. The lowest BCUT2D eigenvalue weighted by Gasteiger charge is -2.11. The summed E-state index contributed by atoms with van der Waals surface area (Å²) in [7, 11) is 0. The normalized spacial score (nSPS) is 12.1. The van der Waals surface area contributed by atoms with Crippen LogP contribution < -0.4 is 0 Å². The van der Waals surface area contributed by atoms with E-state index >= 15 is 0 Å². The molecule has 0 aliphatic heterocycles. The summed E-state index contributed by atoms with van der Waals surface area (Å²) < 4.78 is 48.7. The van der Waals surface area contributed by atoms with Gasteiger partial charge in [-0.1, -0.05) is 41.4 Å². The number of nitrogens with zero attached hydrogens (tertiary/aromatic N) is 1. The summed E-state index contributed by atoms with van der Waals surface area (Å²) in [6.07, 6.45) is 1.58. The molecule has 122 valence electrons. The van der Waals surface area contributed by atoms with Crippen LogP contribution in [0.5, 0.6) is 0 Å². The average molecular weight is 344 g/mol. The molecule has 0 amide bonds. The minimum absolute atomic E-state index is 0.103. The molecule has 0 aliphatic rings. The number of hydrogen-bond acceptors (Lipinski definition) is 3. The van der Waals surface area contributed by atoms with Gasteiger partial charge in [0.15, 0.2) is 0 Å². The van der Waals surface area contributed by atoms with Crippen molar-refractivity contribution in [2.75, 3.05) is 0 Å². The Morgan fingerprint density at radius 2 is 1.71 bits per heavy atom. The Kier molecular flexibility index (Phi) is 4.78. The number of halogens is 2. The molecule has 1 unspecified atom stereocenters. The quantitative estimate of drug-likeness (QED) is 0.670. The summed E-state index contributed by atoms with van der Waals surface area (Å²) in [6, 6.07) is 13.8. The van der Waals surface area contributed by atoms with Crippen LogP contribution in [0.2, 0.25) is 0 Å². The second-order valence-electron chi connectivity index (χ2n) is 5.16. The predicted molar refractivity (Wildman–Crippen MR) is 87.6 cm³/mol. The Bertz CT molecular complexity index is 898. The number of aromatic nitrogens is 1. The zero-order valence-corrected chi connectivity index (χ0v) is 13.2. The molecule has 0 radical (unpaired) electrons. The first-order valence-electron chi connectivity index (χ1n) is 7.10. The van der Waals surface area contributed by atoms with Gasteiger partial charge in [-0.3, -0.25) is 9.19 Å². The van der Waals surface area contributed by atoms with Gasteiger partial charge < -0.3 is 4.55 Å². The van der Waals surface area contributed by atoms with Crippen LogP contribution in [0.25, 0.3) is 22.4 Å². The Balaban J connectivity index is 2.06. The molecule has 6 heteroatoms. The fourth-order valence-electron chi connectivity index (χ4n) is 2.44. The maximum Gasteiger partial charge on any atom is 0.127 e. The molecule has 3 nitrogen and oxygen atoms in total. The van der Waals surface area contributed by atoms with Crippen molar-refractivity contribution in [1.29, 1.82) is 0 Å². The second-order valence-corrected chi connectivity index (χ2v) is 6.06. The molecule has 0 N–H and O–H groups in total. The summed E-state index contributed by atoms with van der Waals surface area (Å²) in [5.41, 5.74) is 2.65. The SMILES string of the molecule is O=S([O-])Cc1ccc(-c2ncccc2-c2ccc(F)cc2)cc1F. The van der Waals surface area contributed by atoms with Gasteiger partial charge in [-0.25, -0.2) is 8.78 Å². The summed E-state index contributed by atoms with van der Waals surface area (Å²) in [5.74, 6) is -1.32. The van der Waals surface area contributed by atoms with E-state index in [0.717, 1.165) is 11.1 Å². The van der Waals surface area contributed by atoms with E-state index in [9.17, 15) is 17.5 Å². The van der Waals surface area contributed by atoms with E-state index in [-0.39, 0.29) is 17.1 Å². The number of rotatable bonds is 4. The zero-order chi connectivity index (χ0) is 17.1. The van der Waals surface area contributed by atoms with Crippen LogP contribution in [0, 0.1) is 11.6 Å². The van der Waals surface area contributed by atoms with E-state index in [1.54, 1.807) is 30.5 Å². The van der Waals surface area contributed by atoms with E-state index in [2.05, 4.69) is 4.98 Å². The minimum atomic E-state index is -2.36. The standard InChI is InChI=1S/C18H13F2NO2S/c19-15-7-5-12(6-8-15)16-2-1-9-21-18(16)13-3-4-14(11-24(22)23)17(20)10-13/h1-10H,11H2,(H,22,23)/p-1. The van der Waals surface area contributed by atoms with E-state index in [1.165, 1.54) is 24.3 Å². The van der Waals surface area contributed by atoms with Crippen LogP contribution in [0.3, 0.4) is 0 Å². The molecule has 1 atom stereocenters. The lowest BCUT2D eigenvalue weighted by molar-refractivity contribution is 0.533. The molecular weight excluding hydrogens is 332 g/mol. The van der Waals surface area contributed by atoms with Crippen LogP contribution >= 0.6 is 0 Å². The Morgan fingerprint density at radius 3 is 2.38 bits per heavy atom. The fourth-order valence-corrected chi connectivity index (χ4v) is 2.92. The van der Waals surface area contributed by atoms with Crippen molar-refractivity contribution in [2.24, 2.45) is 0 Å². The highest BCUT2D eigenvalue weighted by atomic mass is 32.2. The van der Waals surface area contributed by atoms with Crippen molar-refractivity contribution in [2.45, 2.75) is 5.75 Å². The van der Waals surface area contributed by atoms with Gasteiger partial charge in [0.1, 0.15) is 11.6 Å². The first-order valence-corrected chi connectivity index (χ1v) is 8.34. The molecule has 0 bridgehead atoms. The highest BCUT2D eigenvalue weighted by Gasteiger charge is 2.11. The summed E-state index contributed by atoms with van der Waals surface area (Å²) in [6.45, 7) is 0. The van der Waals surface area contributed by atoms with Crippen molar-refractivity contribution in [3.05, 3.63) is 78.0 Å². The molecule has 0 aliphatic carbocycles. The second kappa shape index (κ2) is 6.98. The van der Waals surface area contributed by atoms with E-state index in [0.29, 0.717) is 11.3 Å². The van der Waals surface area contributed by atoms with Gasteiger partial charge in [0.25, 0.3) is 0 Å². The molecule has 1 heterocycles. The van der Waals surface area contributed by atoms with Crippen molar-refractivity contribution in [3.63, 3.8) is 0 Å². The lowest BCUT2D eigenvalue weighted by Crippen LogP contribution is -1.98. The monoisotopic (exact) mass is 344 g/mol. The minimum Gasteiger partial charge on any atom is -0.772 e. The van der Waals surface area contributed by atoms with Gasteiger partial charge >= 0.3 is 0 Å². The van der Waals surface area contributed by atoms with Crippen LogP contribution in [-0.2, 0) is 16.8 Å². The van der Waals surface area contributed by atoms with Crippen molar-refractivity contribution in [1.82, 2.24) is 4.98 Å². The Morgan fingerprint density at radius 1 is 1.00 bits per heavy atom. The molecule has 1 aromatic heterocycles. The maximum absolute atomic E-state index is 14.1. The topological polar surface area (TPSA) is 53.0 Å². The van der Waals surface area contributed by atoms with Crippen molar-refractivity contribution >= 4 is 11.1 Å². The van der Waals surface area contributed by atoms with Gasteiger partial charge in [0.2, 0.25) is 0 Å². The molecule has 2 aromatic carbocycles. The van der Waals surface area contributed by atoms with Gasteiger partial charge in [0, 0.05) is 23.1 Å². The fraction of sp³-hybridized carbons (Fsp3) is 0.0556. The van der Waals surface area contributed by atoms with Crippen molar-refractivity contribution < 1.29 is 17.5 Å². The zero-order valence-electron chi connectivity index (χ0n) is 12.4. The number of pyridine rings is 1. The van der Waals surface area contributed by atoms with Crippen molar-refractivity contribution in [3.8, 4) is 22.4 Å². The number of benzene rings is 2. The molecule has 0 saturated carbocycles. The smallest absolute Gasteiger partial charge is 0.127 e. The average Bonchev–Trinajstić information content (AvgIpc) is 2.57. The molecule has 0 fully saturated rings. The van der Waals surface area contributed by atoms with Crippen LogP contribution in [-0.4, -0.2) is 13.7 Å². The van der Waals surface area contributed by atoms with Crippen LogP contribution in [0.15, 0.2) is 60.8 Å². The third kappa shape index (κ3) is 3.55. The van der Waals surface area contributed by atoms with Crippen LogP contribution in [0.1, 0.15) is 5.56 Å². The highest BCUT2D eigenvalue weighted by molar-refractivity contribution is 7.78. The highest BCUT2D eigenvalue weighted by Crippen LogP contribution is 2.31. The van der Waals surface area contributed by atoms with Gasteiger partial charge in [0.05, 0.1) is 5.69 Å². The third-order valence-corrected chi connectivity index (χ3v) is 4.11. The van der Waals surface area contributed by atoms with Gasteiger partial charge in [-0.2, -0.15) is 0 Å². The van der Waals surface area contributed by atoms with E-state index in [1.807, 2.05) is 6.07 Å². The molecule has 0 spiro atoms. The molecule has 0 saturated heterocycles. The maximum atomic E-state index is 14.1. The Labute approximate surface area is 140 Å². The molecule has 3 aromatic rings. The predicted octanol–water partition coefficient (Wildman–Crippen LogP) is 4.07. The molecular formula is C18H12F2NO2S-. The molecule has 24 heavy (non-hydrogen) atoms. The first-order chi connectivity index (χ1) is 11.5. The summed E-state index contributed by atoms with van der Waals surface area (Å²) in [4.78, 5) is 4.30. The van der Waals surface area contributed by atoms with Gasteiger partial charge in [-0.15, -0.1) is 0 Å². The van der Waals surface area contributed by atoms with Crippen LogP contribution in [0.4, 0.5) is 8.78 Å². The van der Waals surface area contributed by atoms with E-state index in [4.69, 9.17) is 0 Å². The summed E-state index contributed by atoms with van der Waals surface area (Å²) >= 11 is -2.36. The van der Waals surface area contributed by atoms with Gasteiger partial charge in [-0.05, 0) is 35.4 Å². The lowest BCUT2D eigenvalue weighted by atomic mass is 9.98. The summed E-state index contributed by atoms with van der Waals surface area (Å²) in [5, 5.41) is 0. The number of hydrogen-bond donors (Lipinski definition) is 0.